The standard InChI is InChI=1S/C21H20ClN3O4/c1-3-24(4-2)16-8-5-13(18(26)12-16)11-17-19(27)23-21(29)25(20(17)28)15-9-6-14(22)7-10-15/h5-12,26H,3-4H2,1-2H3,(H,23,27,29). The van der Waals surface area contributed by atoms with Crippen molar-refractivity contribution >= 4 is 46.9 Å². The van der Waals surface area contributed by atoms with Crippen molar-refractivity contribution in [2.45, 2.75) is 13.8 Å². The first kappa shape index (κ1) is 20.4. The average Bonchev–Trinajstić information content (AvgIpc) is 2.69. The number of nitrogens with zero attached hydrogens (tertiary/aromatic N) is 2. The van der Waals surface area contributed by atoms with E-state index < -0.39 is 17.8 Å². The largest absolute Gasteiger partial charge is 0.507 e. The molecule has 0 radical (unpaired) electrons. The van der Waals surface area contributed by atoms with Crippen LogP contribution in [0.15, 0.2) is 48.0 Å². The number of phenolic OH excluding ortho intramolecular Hbond substituents is 1. The number of nitrogens with one attached hydrogen (secondary N) is 1. The second-order valence-electron chi connectivity index (χ2n) is 6.35. The third-order valence-corrected chi connectivity index (χ3v) is 4.88. The second-order valence-corrected chi connectivity index (χ2v) is 6.79. The van der Waals surface area contributed by atoms with Crippen LogP contribution in [-0.2, 0) is 9.59 Å². The van der Waals surface area contributed by atoms with Crippen LogP contribution in [0.2, 0.25) is 5.02 Å². The third-order valence-electron chi connectivity index (χ3n) is 4.63. The van der Waals surface area contributed by atoms with Crippen LogP contribution in [0.5, 0.6) is 5.75 Å². The summed E-state index contributed by atoms with van der Waals surface area (Å²) in [4.78, 5) is 40.3. The number of hydrogen-bond acceptors (Lipinski definition) is 5. The molecule has 1 fully saturated rings. The highest BCUT2D eigenvalue weighted by molar-refractivity contribution is 6.39. The summed E-state index contributed by atoms with van der Waals surface area (Å²) in [5.74, 6) is -1.68. The van der Waals surface area contributed by atoms with Crippen molar-refractivity contribution in [2.24, 2.45) is 0 Å². The highest BCUT2D eigenvalue weighted by Crippen LogP contribution is 2.28. The van der Waals surface area contributed by atoms with Crippen molar-refractivity contribution in [3.8, 4) is 5.75 Å². The van der Waals surface area contributed by atoms with Gasteiger partial charge in [-0.3, -0.25) is 14.9 Å². The van der Waals surface area contributed by atoms with E-state index in [0.717, 1.165) is 23.7 Å². The molecule has 8 heteroatoms. The predicted molar refractivity (Wildman–Crippen MR) is 112 cm³/mol. The summed E-state index contributed by atoms with van der Waals surface area (Å²) in [5, 5.41) is 13.0. The van der Waals surface area contributed by atoms with Gasteiger partial charge >= 0.3 is 6.03 Å². The zero-order valence-electron chi connectivity index (χ0n) is 16.0. The molecule has 1 heterocycles. The summed E-state index contributed by atoms with van der Waals surface area (Å²) < 4.78 is 0. The van der Waals surface area contributed by atoms with Crippen LogP contribution in [0.25, 0.3) is 6.08 Å². The first-order valence-corrected chi connectivity index (χ1v) is 9.48. The van der Waals surface area contributed by atoms with E-state index in [4.69, 9.17) is 11.6 Å². The van der Waals surface area contributed by atoms with Crippen molar-refractivity contribution in [1.29, 1.82) is 0 Å². The molecule has 0 saturated carbocycles. The fourth-order valence-corrected chi connectivity index (χ4v) is 3.20. The van der Waals surface area contributed by atoms with Gasteiger partial charge in [0.15, 0.2) is 0 Å². The minimum Gasteiger partial charge on any atom is -0.507 e. The van der Waals surface area contributed by atoms with Crippen molar-refractivity contribution in [3.05, 3.63) is 58.6 Å². The molecule has 4 amide bonds. The lowest BCUT2D eigenvalue weighted by molar-refractivity contribution is -0.122. The Hall–Kier alpha value is -3.32. The summed E-state index contributed by atoms with van der Waals surface area (Å²) in [5.41, 5.74) is 1.14. The maximum atomic E-state index is 12.9. The zero-order chi connectivity index (χ0) is 21.1. The quantitative estimate of drug-likeness (QED) is 0.577. The van der Waals surface area contributed by atoms with E-state index in [0.29, 0.717) is 10.6 Å². The van der Waals surface area contributed by atoms with Crippen molar-refractivity contribution in [3.63, 3.8) is 0 Å². The molecule has 0 atom stereocenters. The minimum atomic E-state index is -0.847. The number of hydrogen-bond donors (Lipinski definition) is 2. The Balaban J connectivity index is 1.97. The smallest absolute Gasteiger partial charge is 0.335 e. The van der Waals surface area contributed by atoms with Gasteiger partial charge in [0.25, 0.3) is 11.8 Å². The molecule has 2 N–H and O–H groups in total. The van der Waals surface area contributed by atoms with E-state index in [-0.39, 0.29) is 17.0 Å². The number of amides is 4. The number of imide groups is 2. The molecule has 0 bridgehead atoms. The van der Waals surface area contributed by atoms with Gasteiger partial charge in [0.1, 0.15) is 11.3 Å². The SMILES string of the molecule is CCN(CC)c1ccc(C=C2C(=O)NC(=O)N(c3ccc(Cl)cc3)C2=O)c(O)c1. The zero-order valence-corrected chi connectivity index (χ0v) is 16.7. The number of barbiturate groups is 1. The molecule has 2 aromatic carbocycles. The van der Waals surface area contributed by atoms with Crippen molar-refractivity contribution in [1.82, 2.24) is 5.32 Å². The van der Waals surface area contributed by atoms with Crippen molar-refractivity contribution in [2.75, 3.05) is 22.9 Å². The molecule has 0 spiro atoms. The first-order valence-electron chi connectivity index (χ1n) is 9.10. The molecule has 1 saturated heterocycles. The Morgan fingerprint density at radius 1 is 1.07 bits per heavy atom. The molecule has 0 unspecified atom stereocenters. The molecule has 1 aliphatic rings. The number of phenols is 1. The summed E-state index contributed by atoms with van der Waals surface area (Å²) in [6.07, 6.45) is 1.27. The molecule has 7 nitrogen and oxygen atoms in total. The van der Waals surface area contributed by atoms with E-state index in [1.807, 2.05) is 13.8 Å². The van der Waals surface area contributed by atoms with Crippen LogP contribution >= 0.6 is 11.6 Å². The molecule has 2 aromatic rings. The van der Waals surface area contributed by atoms with Crippen LogP contribution in [0.1, 0.15) is 19.4 Å². The number of urea groups is 1. The molecular formula is C21H20ClN3O4. The van der Waals surface area contributed by atoms with E-state index in [2.05, 4.69) is 10.2 Å². The molecule has 0 aliphatic carbocycles. The van der Waals surface area contributed by atoms with Gasteiger partial charge < -0.3 is 10.0 Å². The molecular weight excluding hydrogens is 394 g/mol. The average molecular weight is 414 g/mol. The number of rotatable bonds is 5. The number of carbonyl (C=O) groups is 3. The molecule has 1 aliphatic heterocycles. The Bertz CT molecular complexity index is 997. The molecule has 3 rings (SSSR count). The summed E-state index contributed by atoms with van der Waals surface area (Å²) >= 11 is 5.86. The summed E-state index contributed by atoms with van der Waals surface area (Å²) in [7, 11) is 0. The number of anilines is 2. The van der Waals surface area contributed by atoms with E-state index >= 15 is 0 Å². The van der Waals surface area contributed by atoms with Gasteiger partial charge in [-0.1, -0.05) is 11.6 Å². The minimum absolute atomic E-state index is 0.0718. The fourth-order valence-electron chi connectivity index (χ4n) is 3.08. The third kappa shape index (κ3) is 4.09. The van der Waals surface area contributed by atoms with Crippen molar-refractivity contribution < 1.29 is 19.5 Å². The summed E-state index contributed by atoms with van der Waals surface area (Å²) in [6, 6.07) is 10.2. The topological polar surface area (TPSA) is 90.0 Å². The first-order chi connectivity index (χ1) is 13.8. The number of aromatic hydroxyl groups is 1. The van der Waals surface area contributed by atoms with E-state index in [1.165, 1.54) is 30.3 Å². The summed E-state index contributed by atoms with van der Waals surface area (Å²) in [6.45, 7) is 5.55. The molecule has 0 aromatic heterocycles. The van der Waals surface area contributed by atoms with Gasteiger partial charge in [-0.25, -0.2) is 9.69 Å². The predicted octanol–water partition coefficient (Wildman–Crippen LogP) is 3.56. The Kier molecular flexibility index (Phi) is 5.89. The van der Waals surface area contributed by atoms with Gasteiger partial charge in [0.2, 0.25) is 0 Å². The Morgan fingerprint density at radius 2 is 1.72 bits per heavy atom. The number of halogens is 1. The van der Waals surface area contributed by atoms with Crippen LogP contribution in [0, 0.1) is 0 Å². The van der Waals surface area contributed by atoms with Crippen LogP contribution in [0.3, 0.4) is 0 Å². The van der Waals surface area contributed by atoms with E-state index in [1.54, 1.807) is 18.2 Å². The molecule has 150 valence electrons. The number of benzene rings is 2. The van der Waals surface area contributed by atoms with Gasteiger partial charge in [0.05, 0.1) is 5.69 Å². The van der Waals surface area contributed by atoms with Crippen LogP contribution < -0.4 is 15.1 Å². The Morgan fingerprint density at radius 3 is 2.31 bits per heavy atom. The van der Waals surface area contributed by atoms with Gasteiger partial charge in [0, 0.05) is 35.4 Å². The van der Waals surface area contributed by atoms with Gasteiger partial charge in [-0.2, -0.15) is 0 Å². The molecule has 29 heavy (non-hydrogen) atoms. The van der Waals surface area contributed by atoms with Gasteiger partial charge in [-0.15, -0.1) is 0 Å². The lowest BCUT2D eigenvalue weighted by Crippen LogP contribution is -2.54. The highest BCUT2D eigenvalue weighted by atomic mass is 35.5. The lowest BCUT2D eigenvalue weighted by Gasteiger charge is -2.26. The normalized spacial score (nSPS) is 15.6. The number of carbonyl (C=O) groups excluding carboxylic acids is 3. The lowest BCUT2D eigenvalue weighted by atomic mass is 10.1. The monoisotopic (exact) mass is 413 g/mol. The second kappa shape index (κ2) is 8.36. The Labute approximate surface area is 173 Å². The van der Waals surface area contributed by atoms with Crippen LogP contribution in [0.4, 0.5) is 16.2 Å². The van der Waals surface area contributed by atoms with E-state index in [9.17, 15) is 19.5 Å². The highest BCUT2D eigenvalue weighted by Gasteiger charge is 2.36. The fraction of sp³-hybridized carbons (Fsp3) is 0.190. The maximum absolute atomic E-state index is 12.9. The van der Waals surface area contributed by atoms with Gasteiger partial charge in [-0.05, 0) is 56.3 Å². The van der Waals surface area contributed by atoms with Crippen LogP contribution in [-0.4, -0.2) is 36.0 Å². The maximum Gasteiger partial charge on any atom is 0.335 e.